The van der Waals surface area contributed by atoms with Crippen LogP contribution in [0, 0.1) is 23.7 Å². The highest BCUT2D eigenvalue weighted by atomic mass is 16.5. The van der Waals surface area contributed by atoms with E-state index in [2.05, 4.69) is 83.0 Å². The van der Waals surface area contributed by atoms with E-state index in [-0.39, 0.29) is 47.8 Å². The van der Waals surface area contributed by atoms with E-state index in [4.69, 9.17) is 19.2 Å². The van der Waals surface area contributed by atoms with Gasteiger partial charge in [-0.3, -0.25) is 9.69 Å². The third kappa shape index (κ3) is 5.03. The number of fused-ring (bicyclic) bond motifs is 11. The van der Waals surface area contributed by atoms with Gasteiger partial charge in [-0.15, -0.1) is 0 Å². The number of piperidine rings is 1. The first-order chi connectivity index (χ1) is 24.9. The van der Waals surface area contributed by atoms with Crippen molar-refractivity contribution < 1.29 is 23.8 Å². The summed E-state index contributed by atoms with van der Waals surface area (Å²) in [6.45, 7) is 6.69. The number of aromatic nitrogens is 3. The second-order valence-corrected chi connectivity index (χ2v) is 14.8. The number of esters is 2. The monoisotopic (exact) mass is 684 g/mol. The number of methoxy groups -OCH3 is 2. The van der Waals surface area contributed by atoms with E-state index in [1.165, 1.54) is 42.0 Å². The number of hydrogen-bond donors (Lipinski definition) is 1. The second kappa shape index (κ2) is 12.4. The number of pyridine rings is 1. The Bertz CT molecular complexity index is 2230. The molecule has 1 aromatic heterocycles. The Balaban J connectivity index is 1.14. The van der Waals surface area contributed by atoms with Crippen molar-refractivity contribution in [1.29, 1.82) is 0 Å². The molecule has 51 heavy (non-hydrogen) atoms. The third-order valence-electron chi connectivity index (χ3n) is 12.5. The molecule has 0 bridgehead atoms. The number of H-pyrrole nitrogens is 1. The molecular weight excluding hydrogens is 640 g/mol. The first kappa shape index (κ1) is 32.0. The fourth-order valence-corrected chi connectivity index (χ4v) is 9.91. The zero-order valence-corrected chi connectivity index (χ0v) is 29.6. The molecule has 6 aliphatic rings. The molecule has 6 atom stereocenters. The molecule has 0 aliphatic carbocycles. The van der Waals surface area contributed by atoms with Crippen LogP contribution < -0.4 is 0 Å². The molecule has 0 spiro atoms. The van der Waals surface area contributed by atoms with E-state index in [1.54, 1.807) is 6.26 Å². The molecule has 0 unspecified atom stereocenters. The van der Waals surface area contributed by atoms with Gasteiger partial charge in [-0.1, -0.05) is 48.0 Å². The van der Waals surface area contributed by atoms with E-state index in [1.807, 2.05) is 6.07 Å². The number of carbonyl (C=O) groups excluding carboxylic acids is 2. The second-order valence-electron chi connectivity index (χ2n) is 14.8. The number of benzene rings is 2. The van der Waals surface area contributed by atoms with Gasteiger partial charge >= 0.3 is 11.9 Å². The molecular formula is C42H44N4O5. The van der Waals surface area contributed by atoms with Crippen molar-refractivity contribution in [2.24, 2.45) is 23.7 Å². The van der Waals surface area contributed by atoms with Gasteiger partial charge in [-0.05, 0) is 68.7 Å². The summed E-state index contributed by atoms with van der Waals surface area (Å²) in [7, 11) is 2.94. The molecule has 9 rings (SSSR count). The van der Waals surface area contributed by atoms with Crippen molar-refractivity contribution in [3.05, 3.63) is 101 Å². The van der Waals surface area contributed by atoms with Crippen LogP contribution in [-0.2, 0) is 49.6 Å². The molecule has 1 fully saturated rings. The van der Waals surface area contributed by atoms with Gasteiger partial charge in [-0.25, -0.2) is 9.78 Å². The highest BCUT2D eigenvalue weighted by Crippen LogP contribution is 2.48. The lowest BCUT2D eigenvalue weighted by molar-refractivity contribution is -0.147. The van der Waals surface area contributed by atoms with E-state index in [9.17, 15) is 9.59 Å². The summed E-state index contributed by atoms with van der Waals surface area (Å²) in [4.78, 5) is 38.5. The fourth-order valence-electron chi connectivity index (χ4n) is 9.91. The number of hydrogen-bond acceptors (Lipinski definition) is 7. The van der Waals surface area contributed by atoms with Gasteiger partial charge in [0.05, 0.1) is 49.2 Å². The van der Waals surface area contributed by atoms with Crippen molar-refractivity contribution in [3.8, 4) is 11.3 Å². The largest absolute Gasteiger partial charge is 0.497 e. The van der Waals surface area contributed by atoms with Crippen LogP contribution in [-0.4, -0.2) is 64.8 Å². The smallest absolute Gasteiger partial charge is 0.337 e. The Morgan fingerprint density at radius 2 is 1.90 bits per heavy atom. The number of allylic oxidation sites excluding steroid dienone is 1. The van der Waals surface area contributed by atoms with Crippen LogP contribution in [0.15, 0.2) is 78.2 Å². The van der Waals surface area contributed by atoms with Gasteiger partial charge < -0.3 is 23.8 Å². The Labute approximate surface area is 297 Å². The molecule has 0 amide bonds. The third-order valence-corrected chi connectivity index (χ3v) is 12.5. The number of carbonyl (C=O) groups is 2. The van der Waals surface area contributed by atoms with Crippen molar-refractivity contribution >= 4 is 33.7 Å². The maximum atomic E-state index is 14.0. The molecule has 1 N–H and O–H groups in total. The standard InChI is InChI=1S/C42H44N4O5/c1-5-24-19-45-15-14-27-26-10-6-8-12-34(26)43-39(27)36(45)17-29(24)31(41(47)49-3)16-25-20-46-21-32-23(2)51-22-33(42(48)50-4)30(32)18-37(46)40-38(25)28-11-7-9-13-35(28)44-40/h5-13,20,22-23,29-32,36,43H,14-19,21H2,1-4H3/b24-5-/t23-,29-,30-,31-,32+,36-/m0/s1. The first-order valence-corrected chi connectivity index (χ1v) is 18.3. The molecule has 7 heterocycles. The zero-order chi connectivity index (χ0) is 35.0. The lowest BCUT2D eigenvalue weighted by Gasteiger charge is -2.45. The van der Waals surface area contributed by atoms with Crippen LogP contribution in [0.25, 0.3) is 33.1 Å². The van der Waals surface area contributed by atoms with Crippen LogP contribution in [0.1, 0.15) is 48.8 Å². The van der Waals surface area contributed by atoms with Gasteiger partial charge in [-0.2, -0.15) is 0 Å². The molecule has 262 valence electrons. The molecule has 2 aromatic carbocycles. The van der Waals surface area contributed by atoms with Crippen molar-refractivity contribution in [3.63, 3.8) is 0 Å². The summed E-state index contributed by atoms with van der Waals surface area (Å²) in [5.74, 6) is -0.842. The summed E-state index contributed by atoms with van der Waals surface area (Å²) in [6, 6.07) is 17.1. The number of nitrogens with one attached hydrogen (secondary N) is 1. The first-order valence-electron chi connectivity index (χ1n) is 18.3. The minimum atomic E-state index is -0.379. The van der Waals surface area contributed by atoms with Gasteiger partial charge in [0.15, 0.2) is 0 Å². The summed E-state index contributed by atoms with van der Waals surface area (Å²) in [5, 5.41) is 2.39. The van der Waals surface area contributed by atoms with E-state index >= 15 is 0 Å². The van der Waals surface area contributed by atoms with Crippen LogP contribution in [0.5, 0.6) is 0 Å². The fraction of sp³-hybridized carbons (Fsp3) is 0.405. The van der Waals surface area contributed by atoms with Crippen molar-refractivity contribution in [2.75, 3.05) is 27.3 Å². The molecule has 3 aromatic rings. The molecule has 9 nitrogen and oxygen atoms in total. The minimum absolute atomic E-state index is 0.00947. The molecule has 1 saturated heterocycles. The summed E-state index contributed by atoms with van der Waals surface area (Å²) < 4.78 is 19.1. The maximum absolute atomic E-state index is 14.0. The Morgan fingerprint density at radius 1 is 1.10 bits per heavy atom. The highest BCUT2D eigenvalue weighted by molar-refractivity contribution is 6.00. The van der Waals surface area contributed by atoms with Crippen LogP contribution in [0.3, 0.4) is 0 Å². The molecule has 9 heteroatoms. The average Bonchev–Trinajstić information content (AvgIpc) is 3.75. The topological polar surface area (TPSA) is 98.7 Å². The Hall–Kier alpha value is -4.89. The lowest BCUT2D eigenvalue weighted by Crippen LogP contribution is -2.45. The molecule has 6 aliphatic heterocycles. The van der Waals surface area contributed by atoms with E-state index in [0.717, 1.165) is 59.3 Å². The lowest BCUT2D eigenvalue weighted by atomic mass is 9.72. The van der Waals surface area contributed by atoms with Gasteiger partial charge in [0.25, 0.3) is 0 Å². The molecule has 0 saturated carbocycles. The summed E-state index contributed by atoms with van der Waals surface area (Å²) in [6.07, 6.45) is 9.04. The van der Waals surface area contributed by atoms with Gasteiger partial charge in [0.1, 0.15) is 6.10 Å². The average molecular weight is 685 g/mol. The maximum Gasteiger partial charge on any atom is 0.337 e. The Kier molecular flexibility index (Phi) is 7.80. The zero-order valence-electron chi connectivity index (χ0n) is 29.6. The normalized spacial score (nSPS) is 25.8. The minimum Gasteiger partial charge on any atom is -0.497 e. The van der Waals surface area contributed by atoms with E-state index in [0.29, 0.717) is 25.0 Å². The van der Waals surface area contributed by atoms with Crippen LogP contribution in [0.2, 0.25) is 0 Å². The number of para-hydroxylation sites is 2. The predicted octanol–water partition coefficient (Wildman–Crippen LogP) is 6.78. The highest BCUT2D eigenvalue weighted by Gasteiger charge is 2.45. The van der Waals surface area contributed by atoms with Gasteiger partial charge in [0.2, 0.25) is 0 Å². The number of nitrogens with zero attached hydrogens (tertiary/aromatic N) is 3. The van der Waals surface area contributed by atoms with Crippen molar-refractivity contribution in [1.82, 2.24) is 19.4 Å². The van der Waals surface area contributed by atoms with Crippen LogP contribution >= 0.6 is 0 Å². The van der Waals surface area contributed by atoms with Gasteiger partial charge in [0, 0.05) is 70.9 Å². The quantitative estimate of drug-likeness (QED) is 0.161. The van der Waals surface area contributed by atoms with Crippen LogP contribution in [0.4, 0.5) is 0 Å². The number of ether oxygens (including phenoxy) is 3. The SMILES string of the molecule is C/C=C1/CN2CCc3c([nH]c4ccccc34)[C@@H]2C[C@@H]1[C@H](Cc1cn2c(c3nc4ccccc4c1-3)C[C@@H]1C(C(=O)OC)=CO[C@@H](C)[C@H]1C2)C(=O)OC. The number of aromatic amines is 1. The van der Waals surface area contributed by atoms with E-state index < -0.39 is 0 Å². The van der Waals surface area contributed by atoms with Crippen molar-refractivity contribution in [2.45, 2.75) is 58.2 Å². The summed E-state index contributed by atoms with van der Waals surface area (Å²) in [5.41, 5.74) is 10.9. The molecule has 0 radical (unpaired) electrons. The predicted molar refractivity (Wildman–Crippen MR) is 195 cm³/mol. The summed E-state index contributed by atoms with van der Waals surface area (Å²) >= 11 is 0. The number of rotatable bonds is 5. The Morgan fingerprint density at radius 3 is 2.71 bits per heavy atom.